The van der Waals surface area contributed by atoms with Crippen LogP contribution in [0.5, 0.6) is 0 Å². The fourth-order valence-electron chi connectivity index (χ4n) is 5.15. The Morgan fingerprint density at radius 2 is 1.66 bits per heavy atom. The van der Waals surface area contributed by atoms with E-state index in [4.69, 9.17) is 4.74 Å². The van der Waals surface area contributed by atoms with E-state index in [1.807, 2.05) is 32.6 Å². The van der Waals surface area contributed by atoms with Gasteiger partial charge in [-0.1, -0.05) is 0 Å². The molecule has 1 amide bonds. The van der Waals surface area contributed by atoms with Gasteiger partial charge in [0.15, 0.2) is 6.61 Å². The number of carbonyl (C=O) groups is 3. The van der Waals surface area contributed by atoms with Crippen molar-refractivity contribution in [3.8, 4) is 0 Å². The van der Waals surface area contributed by atoms with Crippen molar-refractivity contribution in [2.45, 2.75) is 70.9 Å². The molecular formula is C23H31N3O6. The van der Waals surface area contributed by atoms with Gasteiger partial charge in [-0.2, -0.15) is 0 Å². The Morgan fingerprint density at radius 3 is 2.22 bits per heavy atom. The Kier molecular flexibility index (Phi) is 6.57. The van der Waals surface area contributed by atoms with Crippen LogP contribution in [0.2, 0.25) is 0 Å². The molecule has 0 radical (unpaired) electrons. The van der Waals surface area contributed by atoms with Crippen molar-refractivity contribution in [2.24, 2.45) is 0 Å². The monoisotopic (exact) mass is 445 g/mol. The minimum atomic E-state index is -0.796. The predicted molar refractivity (Wildman–Crippen MR) is 119 cm³/mol. The predicted octanol–water partition coefficient (Wildman–Crippen LogP) is 3.49. The number of nitrogens with zero attached hydrogens (tertiary/aromatic N) is 3. The quantitative estimate of drug-likeness (QED) is 0.387. The number of nitro groups is 1. The third kappa shape index (κ3) is 4.92. The lowest BCUT2D eigenvalue weighted by Crippen LogP contribution is -2.63. The van der Waals surface area contributed by atoms with E-state index < -0.39 is 34.5 Å². The zero-order chi connectivity index (χ0) is 23.7. The molecule has 1 aromatic rings. The number of hydrogen-bond donors (Lipinski definition) is 0. The molecule has 2 heterocycles. The van der Waals surface area contributed by atoms with E-state index in [0.717, 1.165) is 32.4 Å². The van der Waals surface area contributed by atoms with Gasteiger partial charge in [0, 0.05) is 43.1 Å². The second kappa shape index (κ2) is 8.88. The van der Waals surface area contributed by atoms with Crippen LogP contribution in [0.4, 0.5) is 11.4 Å². The van der Waals surface area contributed by atoms with E-state index in [2.05, 4.69) is 0 Å². The van der Waals surface area contributed by atoms with Gasteiger partial charge < -0.3 is 14.5 Å². The molecule has 32 heavy (non-hydrogen) atoms. The minimum Gasteiger partial charge on any atom is -0.452 e. The first-order valence-electron chi connectivity index (χ1n) is 11.0. The fourth-order valence-corrected chi connectivity index (χ4v) is 5.15. The molecule has 0 aromatic heterocycles. The number of likely N-dealkylation sites (tertiary alicyclic amines) is 1. The van der Waals surface area contributed by atoms with E-state index in [9.17, 15) is 24.5 Å². The molecule has 9 heteroatoms. The van der Waals surface area contributed by atoms with E-state index in [0.29, 0.717) is 5.69 Å². The lowest BCUT2D eigenvalue weighted by Gasteiger charge is -2.51. The Bertz CT molecular complexity index is 914. The first-order chi connectivity index (χ1) is 14.9. The van der Waals surface area contributed by atoms with Gasteiger partial charge in [0.05, 0.1) is 10.5 Å². The number of carbonyl (C=O) groups excluding carboxylic acids is 3. The van der Waals surface area contributed by atoms with Crippen LogP contribution in [0.3, 0.4) is 0 Å². The van der Waals surface area contributed by atoms with Gasteiger partial charge in [-0.05, 0) is 59.1 Å². The van der Waals surface area contributed by atoms with Gasteiger partial charge in [-0.25, -0.2) is 4.79 Å². The number of ketones is 1. The van der Waals surface area contributed by atoms with Gasteiger partial charge in [0.25, 0.3) is 11.6 Å². The highest BCUT2D eigenvalue weighted by atomic mass is 16.6. The second-order valence-electron chi connectivity index (χ2n) is 9.83. The van der Waals surface area contributed by atoms with Crippen LogP contribution in [0.15, 0.2) is 18.2 Å². The second-order valence-corrected chi connectivity index (χ2v) is 9.83. The molecule has 1 aromatic carbocycles. The molecule has 0 bridgehead atoms. The van der Waals surface area contributed by atoms with Crippen LogP contribution in [-0.4, -0.2) is 58.3 Å². The molecule has 0 unspecified atom stereocenters. The SMILES string of the molecule is CC1(C)CC(=O)CC(C)(C)N1C(=O)COC(=O)c1ccc(N2CCCCC2)c([N+](=O)[O-])c1. The number of nitro benzene ring substituents is 1. The normalized spacial score (nSPS) is 20.1. The number of anilines is 1. The molecule has 0 aliphatic carbocycles. The van der Waals surface area contributed by atoms with Gasteiger partial charge >= 0.3 is 5.97 Å². The number of esters is 1. The topological polar surface area (TPSA) is 110 Å². The van der Waals surface area contributed by atoms with Crippen molar-refractivity contribution in [1.82, 2.24) is 4.90 Å². The molecular weight excluding hydrogens is 414 g/mol. The summed E-state index contributed by atoms with van der Waals surface area (Å²) in [5, 5.41) is 11.6. The van der Waals surface area contributed by atoms with Gasteiger partial charge in [0.1, 0.15) is 11.5 Å². The van der Waals surface area contributed by atoms with Crippen LogP contribution in [0.1, 0.15) is 70.2 Å². The largest absolute Gasteiger partial charge is 0.452 e. The Morgan fingerprint density at radius 1 is 1.06 bits per heavy atom. The highest BCUT2D eigenvalue weighted by Gasteiger charge is 2.47. The first-order valence-corrected chi connectivity index (χ1v) is 11.0. The van der Waals surface area contributed by atoms with E-state index in [1.165, 1.54) is 12.1 Å². The van der Waals surface area contributed by atoms with Gasteiger partial charge in [-0.3, -0.25) is 19.7 Å². The number of amides is 1. The Hall–Kier alpha value is -2.97. The maximum Gasteiger partial charge on any atom is 0.338 e. The molecule has 2 fully saturated rings. The van der Waals surface area contributed by atoms with Crippen LogP contribution in [-0.2, 0) is 14.3 Å². The zero-order valence-electron chi connectivity index (χ0n) is 19.2. The molecule has 2 aliphatic rings. The van der Waals surface area contributed by atoms with Gasteiger partial charge in [-0.15, -0.1) is 0 Å². The molecule has 2 aliphatic heterocycles. The van der Waals surface area contributed by atoms with Crippen molar-refractivity contribution in [2.75, 3.05) is 24.6 Å². The van der Waals surface area contributed by atoms with Crippen LogP contribution >= 0.6 is 0 Å². The number of ether oxygens (including phenoxy) is 1. The summed E-state index contributed by atoms with van der Waals surface area (Å²) in [6, 6.07) is 4.28. The Balaban J connectivity index is 1.73. The number of benzene rings is 1. The van der Waals surface area contributed by atoms with Crippen molar-refractivity contribution < 1.29 is 24.0 Å². The molecule has 2 saturated heterocycles. The van der Waals surface area contributed by atoms with Gasteiger partial charge in [0.2, 0.25) is 0 Å². The lowest BCUT2D eigenvalue weighted by molar-refractivity contribution is -0.384. The van der Waals surface area contributed by atoms with Crippen molar-refractivity contribution in [1.29, 1.82) is 0 Å². The average molecular weight is 446 g/mol. The van der Waals surface area contributed by atoms with Crippen molar-refractivity contribution in [3.05, 3.63) is 33.9 Å². The van der Waals surface area contributed by atoms with Crippen molar-refractivity contribution in [3.63, 3.8) is 0 Å². The van der Waals surface area contributed by atoms with E-state index in [-0.39, 0.29) is 29.9 Å². The summed E-state index contributed by atoms with van der Waals surface area (Å²) in [5.41, 5.74) is -1.03. The first kappa shape index (κ1) is 23.7. The standard InChI is InChI=1S/C23H31N3O6/c1-22(2)13-17(27)14-23(3,4)25(22)20(28)15-32-21(29)16-8-9-18(19(12-16)26(30)31)24-10-6-5-7-11-24/h8-9,12H,5-7,10-11,13-15H2,1-4H3. The number of rotatable bonds is 5. The zero-order valence-corrected chi connectivity index (χ0v) is 19.2. The number of hydrogen-bond acceptors (Lipinski definition) is 7. The maximum atomic E-state index is 12.9. The molecule has 0 N–H and O–H groups in total. The molecule has 0 atom stereocenters. The fraction of sp³-hybridized carbons (Fsp3) is 0.609. The minimum absolute atomic E-state index is 0.0256. The summed E-state index contributed by atoms with van der Waals surface area (Å²) >= 11 is 0. The van der Waals surface area contributed by atoms with Crippen LogP contribution in [0, 0.1) is 10.1 Å². The van der Waals surface area contributed by atoms with Crippen LogP contribution < -0.4 is 4.90 Å². The summed E-state index contributed by atoms with van der Waals surface area (Å²) in [5.74, 6) is -1.11. The summed E-state index contributed by atoms with van der Waals surface area (Å²) in [6.07, 6.45) is 3.51. The van der Waals surface area contributed by atoms with Crippen LogP contribution in [0.25, 0.3) is 0 Å². The Labute approximate surface area is 187 Å². The summed E-state index contributed by atoms with van der Waals surface area (Å²) < 4.78 is 5.23. The maximum absolute atomic E-state index is 12.9. The summed E-state index contributed by atoms with van der Waals surface area (Å²) in [7, 11) is 0. The highest BCUT2D eigenvalue weighted by molar-refractivity contribution is 5.93. The number of Topliss-reactive ketones (excluding diaryl/α,β-unsaturated/α-hetero) is 1. The number of piperidine rings is 2. The lowest BCUT2D eigenvalue weighted by atomic mass is 9.79. The molecule has 9 nitrogen and oxygen atoms in total. The molecule has 0 saturated carbocycles. The molecule has 0 spiro atoms. The third-order valence-corrected chi connectivity index (χ3v) is 6.15. The molecule has 174 valence electrons. The smallest absolute Gasteiger partial charge is 0.338 e. The van der Waals surface area contributed by atoms with E-state index >= 15 is 0 Å². The van der Waals surface area contributed by atoms with Crippen molar-refractivity contribution >= 4 is 29.0 Å². The molecule has 3 rings (SSSR count). The third-order valence-electron chi connectivity index (χ3n) is 6.15. The summed E-state index contributed by atoms with van der Waals surface area (Å²) in [6.45, 7) is 8.23. The van der Waals surface area contributed by atoms with E-state index in [1.54, 1.807) is 11.0 Å². The highest BCUT2D eigenvalue weighted by Crippen LogP contribution is 2.37. The average Bonchev–Trinajstić information content (AvgIpc) is 2.70. The summed E-state index contributed by atoms with van der Waals surface area (Å²) in [4.78, 5) is 52.3.